The third kappa shape index (κ3) is 1.95. The van der Waals surface area contributed by atoms with Crippen LogP contribution in [0.25, 0.3) is 4.96 Å². The third-order valence-corrected chi connectivity index (χ3v) is 5.52. The normalized spacial score (nSPS) is 19.3. The van der Waals surface area contributed by atoms with E-state index in [2.05, 4.69) is 25.8 Å². The van der Waals surface area contributed by atoms with Gasteiger partial charge in [-0.1, -0.05) is 20.8 Å². The van der Waals surface area contributed by atoms with Crippen LogP contribution in [0, 0.1) is 18.3 Å². The van der Waals surface area contributed by atoms with Crippen molar-refractivity contribution in [1.29, 1.82) is 0 Å². The molecule has 0 spiro atoms. The van der Waals surface area contributed by atoms with Crippen LogP contribution in [-0.2, 0) is 12.8 Å². The van der Waals surface area contributed by atoms with Crippen molar-refractivity contribution in [2.24, 2.45) is 11.3 Å². The van der Waals surface area contributed by atoms with Gasteiger partial charge in [-0.25, -0.2) is 9.78 Å². The number of thiazole rings is 1. The SMILES string of the molecule is Cc1nc2sc3c(n2c1C(=O)O)CCC(C(C)(C)C)C3. The van der Waals surface area contributed by atoms with Gasteiger partial charge in [0, 0.05) is 10.6 Å². The first kappa shape index (κ1) is 13.6. The number of aromatic nitrogens is 2. The van der Waals surface area contributed by atoms with Crippen LogP contribution >= 0.6 is 11.3 Å². The van der Waals surface area contributed by atoms with Crippen LogP contribution in [0.1, 0.15) is 53.9 Å². The average molecular weight is 292 g/mol. The zero-order chi connectivity index (χ0) is 14.7. The van der Waals surface area contributed by atoms with Gasteiger partial charge in [0.05, 0.1) is 5.69 Å². The highest BCUT2D eigenvalue weighted by Gasteiger charge is 2.32. The Morgan fingerprint density at radius 3 is 2.75 bits per heavy atom. The molecule has 0 saturated heterocycles. The summed E-state index contributed by atoms with van der Waals surface area (Å²) >= 11 is 1.66. The fourth-order valence-corrected chi connectivity index (χ4v) is 4.45. The van der Waals surface area contributed by atoms with E-state index in [0.717, 1.165) is 24.2 Å². The zero-order valence-corrected chi connectivity index (χ0v) is 13.2. The van der Waals surface area contributed by atoms with E-state index in [0.29, 0.717) is 22.7 Å². The molecule has 0 amide bonds. The minimum Gasteiger partial charge on any atom is -0.477 e. The molecule has 108 valence electrons. The van der Waals surface area contributed by atoms with Gasteiger partial charge in [-0.2, -0.15) is 0 Å². The van der Waals surface area contributed by atoms with Gasteiger partial charge in [0.15, 0.2) is 10.7 Å². The molecule has 1 aliphatic rings. The number of hydrogen-bond acceptors (Lipinski definition) is 3. The lowest BCUT2D eigenvalue weighted by Crippen LogP contribution is -2.26. The lowest BCUT2D eigenvalue weighted by atomic mass is 9.73. The summed E-state index contributed by atoms with van der Waals surface area (Å²) in [4.78, 5) is 18.0. The van der Waals surface area contributed by atoms with Crippen LogP contribution in [0.3, 0.4) is 0 Å². The first-order chi connectivity index (χ1) is 9.29. The molecule has 2 aromatic heterocycles. The summed E-state index contributed by atoms with van der Waals surface area (Å²) < 4.78 is 1.87. The quantitative estimate of drug-likeness (QED) is 0.874. The Kier molecular flexibility index (Phi) is 2.94. The van der Waals surface area contributed by atoms with Crippen molar-refractivity contribution in [2.45, 2.75) is 47.0 Å². The van der Waals surface area contributed by atoms with E-state index in [-0.39, 0.29) is 0 Å². The van der Waals surface area contributed by atoms with E-state index >= 15 is 0 Å². The molecule has 0 fully saturated rings. The molecule has 2 aromatic rings. The fourth-order valence-electron chi connectivity index (χ4n) is 3.15. The predicted octanol–water partition coefficient (Wildman–Crippen LogP) is 3.55. The van der Waals surface area contributed by atoms with Crippen molar-refractivity contribution in [1.82, 2.24) is 9.38 Å². The van der Waals surface area contributed by atoms with Crippen molar-refractivity contribution in [3.05, 3.63) is 22.0 Å². The molecule has 1 aliphatic carbocycles. The maximum absolute atomic E-state index is 11.4. The second-order valence-electron chi connectivity index (χ2n) is 6.75. The number of fused-ring (bicyclic) bond motifs is 3. The molecule has 0 saturated carbocycles. The lowest BCUT2D eigenvalue weighted by molar-refractivity contribution is 0.0688. The summed E-state index contributed by atoms with van der Waals surface area (Å²) in [5, 5.41) is 9.40. The monoisotopic (exact) mass is 292 g/mol. The molecule has 0 bridgehead atoms. The Morgan fingerprint density at radius 1 is 1.45 bits per heavy atom. The lowest BCUT2D eigenvalue weighted by Gasteiger charge is -2.33. The van der Waals surface area contributed by atoms with Gasteiger partial charge in [-0.05, 0) is 37.5 Å². The smallest absolute Gasteiger partial charge is 0.354 e. The van der Waals surface area contributed by atoms with Gasteiger partial charge >= 0.3 is 5.97 Å². The van der Waals surface area contributed by atoms with Crippen LogP contribution in [0.5, 0.6) is 0 Å². The Hall–Kier alpha value is -1.36. The molecule has 0 aliphatic heterocycles. The molecule has 0 aromatic carbocycles. The van der Waals surface area contributed by atoms with E-state index < -0.39 is 5.97 Å². The van der Waals surface area contributed by atoms with E-state index in [4.69, 9.17) is 0 Å². The summed E-state index contributed by atoms with van der Waals surface area (Å²) in [6.45, 7) is 8.63. The van der Waals surface area contributed by atoms with Gasteiger partial charge in [-0.3, -0.25) is 4.40 Å². The number of hydrogen-bond donors (Lipinski definition) is 1. The minimum atomic E-state index is -0.881. The number of aromatic carboxylic acids is 1. The molecule has 3 rings (SSSR count). The molecule has 1 atom stereocenters. The van der Waals surface area contributed by atoms with E-state index in [1.54, 1.807) is 18.3 Å². The van der Waals surface area contributed by atoms with Gasteiger partial charge in [0.1, 0.15) is 0 Å². The van der Waals surface area contributed by atoms with E-state index in [1.807, 2.05) is 4.40 Å². The number of imidazole rings is 1. The summed E-state index contributed by atoms with van der Waals surface area (Å²) in [6, 6.07) is 0. The standard InChI is InChI=1S/C15H20N2O2S/c1-8-12(13(18)19)17-10-6-5-9(15(2,3)4)7-11(10)20-14(17)16-8/h9H,5-7H2,1-4H3,(H,18,19). The van der Waals surface area contributed by atoms with E-state index in [1.165, 1.54) is 10.6 Å². The number of aryl methyl sites for hydroxylation is 2. The first-order valence-corrected chi connectivity index (χ1v) is 7.83. The highest BCUT2D eigenvalue weighted by Crippen LogP contribution is 2.40. The van der Waals surface area contributed by atoms with Crippen molar-refractivity contribution >= 4 is 22.3 Å². The Labute approximate surface area is 122 Å². The number of carboxylic acid groups (broad SMARTS) is 1. The number of nitrogens with zero attached hydrogens (tertiary/aromatic N) is 2. The number of rotatable bonds is 1. The van der Waals surface area contributed by atoms with Crippen molar-refractivity contribution < 1.29 is 9.90 Å². The van der Waals surface area contributed by atoms with Crippen molar-refractivity contribution in [2.75, 3.05) is 0 Å². The maximum Gasteiger partial charge on any atom is 0.354 e. The Morgan fingerprint density at radius 2 is 2.15 bits per heavy atom. The van der Waals surface area contributed by atoms with Gasteiger partial charge < -0.3 is 5.11 Å². The minimum absolute atomic E-state index is 0.301. The summed E-state index contributed by atoms with van der Waals surface area (Å²) in [5.74, 6) is -0.221. The molecule has 1 unspecified atom stereocenters. The molecule has 1 N–H and O–H groups in total. The van der Waals surface area contributed by atoms with Crippen LogP contribution in [0.15, 0.2) is 0 Å². The maximum atomic E-state index is 11.4. The third-order valence-electron chi connectivity index (χ3n) is 4.42. The van der Waals surface area contributed by atoms with Crippen LogP contribution in [-0.4, -0.2) is 20.5 Å². The predicted molar refractivity (Wildman–Crippen MR) is 79.7 cm³/mol. The van der Waals surface area contributed by atoms with Crippen molar-refractivity contribution in [3.63, 3.8) is 0 Å². The second-order valence-corrected chi connectivity index (χ2v) is 7.81. The fraction of sp³-hybridized carbons (Fsp3) is 0.600. The van der Waals surface area contributed by atoms with Crippen molar-refractivity contribution in [3.8, 4) is 0 Å². The molecule has 5 heteroatoms. The van der Waals surface area contributed by atoms with Crippen LogP contribution in [0.4, 0.5) is 0 Å². The number of carboxylic acids is 1. The topological polar surface area (TPSA) is 54.6 Å². The molecular formula is C15H20N2O2S. The largest absolute Gasteiger partial charge is 0.477 e. The summed E-state index contributed by atoms with van der Waals surface area (Å²) in [5.41, 5.74) is 2.43. The molecular weight excluding hydrogens is 272 g/mol. The Balaban J connectivity index is 2.11. The summed E-state index contributed by atoms with van der Waals surface area (Å²) in [7, 11) is 0. The van der Waals surface area contributed by atoms with Crippen LogP contribution in [0.2, 0.25) is 0 Å². The van der Waals surface area contributed by atoms with E-state index in [9.17, 15) is 9.90 Å². The Bertz CT molecular complexity index is 691. The molecule has 4 nitrogen and oxygen atoms in total. The van der Waals surface area contributed by atoms with Gasteiger partial charge in [0.25, 0.3) is 0 Å². The number of carbonyl (C=O) groups is 1. The molecule has 20 heavy (non-hydrogen) atoms. The second kappa shape index (κ2) is 4.32. The highest BCUT2D eigenvalue weighted by atomic mass is 32.1. The van der Waals surface area contributed by atoms with Crippen LogP contribution < -0.4 is 0 Å². The highest BCUT2D eigenvalue weighted by molar-refractivity contribution is 7.17. The van der Waals surface area contributed by atoms with Gasteiger partial charge in [0.2, 0.25) is 0 Å². The average Bonchev–Trinajstić information content (AvgIpc) is 2.80. The molecule has 0 radical (unpaired) electrons. The summed E-state index contributed by atoms with van der Waals surface area (Å²) in [6.07, 6.45) is 3.12. The van der Waals surface area contributed by atoms with Gasteiger partial charge in [-0.15, -0.1) is 11.3 Å². The molecule has 2 heterocycles. The zero-order valence-electron chi connectivity index (χ0n) is 12.4. The first-order valence-electron chi connectivity index (χ1n) is 7.02.